The van der Waals surface area contributed by atoms with Gasteiger partial charge in [0.2, 0.25) is 11.8 Å². The predicted octanol–water partition coefficient (Wildman–Crippen LogP) is 4.87. The zero-order valence-corrected chi connectivity index (χ0v) is 17.2. The average molecular weight is 413 g/mol. The molecule has 8 heteroatoms. The molecule has 0 bridgehead atoms. The Morgan fingerprint density at radius 3 is 2.79 bits per heavy atom. The molecule has 2 unspecified atom stereocenters. The number of nitrogens with one attached hydrogen (secondary N) is 1. The van der Waals surface area contributed by atoms with Gasteiger partial charge in [0.05, 0.1) is 27.9 Å². The van der Waals surface area contributed by atoms with Crippen molar-refractivity contribution in [1.29, 1.82) is 5.26 Å². The molecule has 1 amide bonds. The Balaban J connectivity index is 1.58. The standard InChI is InChI=1S/C20H20N4O2S2/c1-3-16-11-22-19(26-16)13(2)27-17-12-23-20(28-17)24-18(25)15(10-21)9-14-7-5-4-6-8-14/h4-8,11-13,15H,3,9H2,1-2H3,(H,23,24,25). The zero-order valence-electron chi connectivity index (χ0n) is 15.6. The summed E-state index contributed by atoms with van der Waals surface area (Å²) in [7, 11) is 0. The minimum atomic E-state index is -0.763. The minimum Gasteiger partial charge on any atom is -0.445 e. The molecule has 0 aliphatic heterocycles. The second-order valence-corrected chi connectivity index (χ2v) is 8.80. The van der Waals surface area contributed by atoms with Gasteiger partial charge in [0.15, 0.2) is 5.13 Å². The molecule has 2 aromatic heterocycles. The van der Waals surface area contributed by atoms with E-state index >= 15 is 0 Å². The number of thiazole rings is 1. The molecule has 28 heavy (non-hydrogen) atoms. The van der Waals surface area contributed by atoms with Crippen LogP contribution in [-0.2, 0) is 17.6 Å². The van der Waals surface area contributed by atoms with Crippen LogP contribution in [-0.4, -0.2) is 15.9 Å². The van der Waals surface area contributed by atoms with Gasteiger partial charge in [0.1, 0.15) is 11.7 Å². The van der Waals surface area contributed by atoms with Crippen LogP contribution in [0.3, 0.4) is 0 Å². The molecule has 0 saturated heterocycles. The zero-order chi connectivity index (χ0) is 19.9. The van der Waals surface area contributed by atoms with Gasteiger partial charge in [0, 0.05) is 6.42 Å². The Morgan fingerprint density at radius 1 is 1.32 bits per heavy atom. The fourth-order valence-corrected chi connectivity index (χ4v) is 4.60. The highest BCUT2D eigenvalue weighted by atomic mass is 32.2. The lowest BCUT2D eigenvalue weighted by Crippen LogP contribution is -2.23. The number of oxazole rings is 1. The first-order valence-corrected chi connectivity index (χ1v) is 10.6. The lowest BCUT2D eigenvalue weighted by molar-refractivity contribution is -0.118. The third kappa shape index (κ3) is 5.21. The number of benzene rings is 1. The third-order valence-electron chi connectivity index (χ3n) is 4.03. The van der Waals surface area contributed by atoms with E-state index in [2.05, 4.69) is 21.4 Å². The van der Waals surface area contributed by atoms with Crippen LogP contribution in [0.15, 0.2) is 51.4 Å². The smallest absolute Gasteiger partial charge is 0.243 e. The van der Waals surface area contributed by atoms with E-state index in [1.807, 2.05) is 44.2 Å². The highest BCUT2D eigenvalue weighted by molar-refractivity contribution is 8.01. The highest BCUT2D eigenvalue weighted by Gasteiger charge is 2.21. The van der Waals surface area contributed by atoms with E-state index in [0.717, 1.165) is 22.0 Å². The first-order valence-electron chi connectivity index (χ1n) is 8.90. The fourth-order valence-electron chi connectivity index (χ4n) is 2.51. The molecular formula is C20H20N4O2S2. The van der Waals surface area contributed by atoms with Gasteiger partial charge in [-0.2, -0.15) is 5.26 Å². The maximum atomic E-state index is 12.4. The summed E-state index contributed by atoms with van der Waals surface area (Å²) in [4.78, 5) is 21.0. The van der Waals surface area contributed by atoms with Crippen LogP contribution in [0.2, 0.25) is 0 Å². The lowest BCUT2D eigenvalue weighted by Gasteiger charge is -2.08. The van der Waals surface area contributed by atoms with E-state index < -0.39 is 5.92 Å². The number of hydrogen-bond donors (Lipinski definition) is 1. The van der Waals surface area contributed by atoms with Crippen LogP contribution in [0.25, 0.3) is 0 Å². The third-order valence-corrected chi connectivity index (χ3v) is 6.17. The number of nitriles is 1. The van der Waals surface area contributed by atoms with Crippen LogP contribution >= 0.6 is 23.1 Å². The Kier molecular flexibility index (Phi) is 6.85. The van der Waals surface area contributed by atoms with E-state index in [1.54, 1.807) is 24.2 Å². The van der Waals surface area contributed by atoms with Gasteiger partial charge in [-0.3, -0.25) is 4.79 Å². The summed E-state index contributed by atoms with van der Waals surface area (Å²) in [5.74, 6) is 0.431. The SMILES string of the molecule is CCc1cnc(C(C)Sc2cnc(NC(=O)C(C#N)Cc3ccccc3)s2)o1. The molecule has 2 atom stereocenters. The first kappa shape index (κ1) is 20.1. The largest absolute Gasteiger partial charge is 0.445 e. The monoisotopic (exact) mass is 412 g/mol. The molecule has 0 saturated carbocycles. The molecule has 0 spiro atoms. The number of carbonyl (C=O) groups excluding carboxylic acids is 1. The van der Waals surface area contributed by atoms with Gasteiger partial charge < -0.3 is 9.73 Å². The van der Waals surface area contributed by atoms with E-state index in [-0.39, 0.29) is 11.2 Å². The molecule has 0 fully saturated rings. The molecular weight excluding hydrogens is 392 g/mol. The molecule has 0 radical (unpaired) electrons. The second-order valence-electron chi connectivity index (χ2n) is 6.12. The summed E-state index contributed by atoms with van der Waals surface area (Å²) in [6.45, 7) is 4.03. The van der Waals surface area contributed by atoms with Gasteiger partial charge >= 0.3 is 0 Å². The van der Waals surface area contributed by atoms with Gasteiger partial charge in [-0.25, -0.2) is 9.97 Å². The lowest BCUT2D eigenvalue weighted by atomic mass is 10.00. The first-order chi connectivity index (χ1) is 13.6. The number of carbonyl (C=O) groups is 1. The van der Waals surface area contributed by atoms with Crippen LogP contribution in [0.5, 0.6) is 0 Å². The van der Waals surface area contributed by atoms with E-state index in [9.17, 15) is 10.1 Å². The van der Waals surface area contributed by atoms with Crippen molar-refractivity contribution in [2.45, 2.75) is 36.1 Å². The summed E-state index contributed by atoms with van der Waals surface area (Å²) in [6, 6.07) is 11.6. The molecule has 1 aromatic carbocycles. The Bertz CT molecular complexity index is 962. The number of thioether (sulfide) groups is 1. The fraction of sp³-hybridized carbons (Fsp3) is 0.300. The topological polar surface area (TPSA) is 91.8 Å². The minimum absolute atomic E-state index is 0.0363. The maximum absolute atomic E-state index is 12.4. The molecule has 1 N–H and O–H groups in total. The average Bonchev–Trinajstić information content (AvgIpc) is 3.36. The van der Waals surface area contributed by atoms with Crippen molar-refractivity contribution in [2.75, 3.05) is 5.32 Å². The summed E-state index contributed by atoms with van der Waals surface area (Å²) < 4.78 is 6.63. The molecule has 3 aromatic rings. The molecule has 2 heterocycles. The van der Waals surface area contributed by atoms with Crippen molar-refractivity contribution in [2.24, 2.45) is 5.92 Å². The molecule has 6 nitrogen and oxygen atoms in total. The molecule has 144 valence electrons. The molecule has 0 aliphatic carbocycles. The van der Waals surface area contributed by atoms with Gasteiger partial charge in [-0.1, -0.05) is 48.6 Å². The number of rotatable bonds is 8. The Labute approximate surface area is 172 Å². The Hall–Kier alpha value is -2.63. The van der Waals surface area contributed by atoms with Crippen LogP contribution in [0.4, 0.5) is 5.13 Å². The van der Waals surface area contributed by atoms with Crippen molar-refractivity contribution in [3.63, 3.8) is 0 Å². The van der Waals surface area contributed by atoms with E-state index in [4.69, 9.17) is 4.42 Å². The van der Waals surface area contributed by atoms with Gasteiger partial charge in [-0.05, 0) is 18.9 Å². The number of hydrogen-bond acceptors (Lipinski definition) is 7. The number of nitrogens with zero attached hydrogens (tertiary/aromatic N) is 3. The number of aromatic nitrogens is 2. The summed E-state index contributed by atoms with van der Waals surface area (Å²) in [6.07, 6.45) is 4.64. The summed E-state index contributed by atoms with van der Waals surface area (Å²) >= 11 is 2.94. The van der Waals surface area contributed by atoms with Crippen molar-refractivity contribution in [1.82, 2.24) is 9.97 Å². The Morgan fingerprint density at radius 2 is 2.11 bits per heavy atom. The van der Waals surface area contributed by atoms with Gasteiger partial charge in [-0.15, -0.1) is 11.8 Å². The van der Waals surface area contributed by atoms with Crippen molar-refractivity contribution in [3.05, 3.63) is 59.9 Å². The number of amides is 1. The number of anilines is 1. The molecule has 3 rings (SSSR count). The van der Waals surface area contributed by atoms with Gasteiger partial charge in [0.25, 0.3) is 0 Å². The van der Waals surface area contributed by atoms with Crippen LogP contribution in [0.1, 0.15) is 36.3 Å². The second kappa shape index (κ2) is 9.53. The highest BCUT2D eigenvalue weighted by Crippen LogP contribution is 2.38. The normalized spacial score (nSPS) is 12.9. The van der Waals surface area contributed by atoms with Crippen molar-refractivity contribution < 1.29 is 9.21 Å². The summed E-state index contributed by atoms with van der Waals surface area (Å²) in [5, 5.41) is 12.6. The summed E-state index contributed by atoms with van der Waals surface area (Å²) in [5.41, 5.74) is 0.950. The van der Waals surface area contributed by atoms with Crippen LogP contribution < -0.4 is 5.32 Å². The van der Waals surface area contributed by atoms with Crippen molar-refractivity contribution >= 4 is 34.1 Å². The van der Waals surface area contributed by atoms with Crippen LogP contribution in [0, 0.1) is 17.2 Å². The van der Waals surface area contributed by atoms with Crippen molar-refractivity contribution in [3.8, 4) is 6.07 Å². The quantitative estimate of drug-likeness (QED) is 0.531. The predicted molar refractivity (Wildman–Crippen MR) is 110 cm³/mol. The van der Waals surface area contributed by atoms with E-state index in [0.29, 0.717) is 17.4 Å². The number of aryl methyl sites for hydroxylation is 1. The maximum Gasteiger partial charge on any atom is 0.243 e. The van der Waals surface area contributed by atoms with E-state index in [1.165, 1.54) is 11.3 Å². The molecule has 0 aliphatic rings.